The number of likely N-dealkylation sites (tertiary alicyclic amines) is 1. The highest BCUT2D eigenvalue weighted by Crippen LogP contribution is 2.65. The van der Waals surface area contributed by atoms with Crippen molar-refractivity contribution in [3.05, 3.63) is 59.4 Å². The van der Waals surface area contributed by atoms with E-state index in [1.54, 1.807) is 0 Å². The molecule has 9 heteroatoms. The molecule has 1 amide bonds. The van der Waals surface area contributed by atoms with Crippen molar-refractivity contribution in [3.8, 4) is 11.1 Å². The monoisotopic (exact) mass is 496 g/mol. The zero-order valence-corrected chi connectivity index (χ0v) is 19.4. The minimum atomic E-state index is -3.19. The van der Waals surface area contributed by atoms with E-state index in [1.165, 1.54) is 23.1 Å². The van der Waals surface area contributed by atoms with E-state index in [1.807, 2.05) is 6.92 Å². The predicted molar refractivity (Wildman–Crippen MR) is 121 cm³/mol. The number of carbonyl (C=O) groups is 1. The van der Waals surface area contributed by atoms with Crippen molar-refractivity contribution < 1.29 is 26.7 Å². The lowest BCUT2D eigenvalue weighted by Crippen LogP contribution is -2.62. The molecule has 0 unspecified atom stereocenters. The summed E-state index contributed by atoms with van der Waals surface area (Å²) >= 11 is 1.13. The second-order valence-electron chi connectivity index (χ2n) is 9.66. The number of hydrogen-bond acceptors (Lipinski definition) is 3. The summed E-state index contributed by atoms with van der Waals surface area (Å²) < 4.78 is 76.6. The van der Waals surface area contributed by atoms with E-state index >= 15 is 13.2 Å². The van der Waals surface area contributed by atoms with Gasteiger partial charge in [-0.05, 0) is 55.4 Å². The Morgan fingerprint density at radius 3 is 2.50 bits per heavy atom. The fourth-order valence-electron chi connectivity index (χ4n) is 5.61. The predicted octanol–water partition coefficient (Wildman–Crippen LogP) is 5.59. The maximum Gasteiger partial charge on any atom is 0.283 e. The van der Waals surface area contributed by atoms with Crippen LogP contribution < -0.4 is 4.72 Å². The molecule has 6 rings (SSSR count). The number of halogens is 5. The fraction of sp³-hybridized carbons (Fsp3) is 0.480. The molecule has 1 saturated heterocycles. The highest BCUT2D eigenvalue weighted by Gasteiger charge is 2.66. The Hall–Kier alpha value is -2.13. The minimum absolute atomic E-state index is 0.0764. The first-order valence-corrected chi connectivity index (χ1v) is 12.4. The molecule has 0 spiro atoms. The van der Waals surface area contributed by atoms with Crippen LogP contribution in [-0.2, 0) is 11.2 Å². The van der Waals surface area contributed by atoms with E-state index in [9.17, 15) is 13.6 Å². The number of amides is 1. The zero-order chi connectivity index (χ0) is 24.3. The maximum absolute atomic E-state index is 15.5. The van der Waals surface area contributed by atoms with Gasteiger partial charge in [-0.1, -0.05) is 37.1 Å². The number of benzene rings is 2. The lowest BCUT2D eigenvalue weighted by atomic mass is 9.44. The van der Waals surface area contributed by atoms with Crippen molar-refractivity contribution in [1.29, 1.82) is 0 Å². The molecule has 3 aliphatic carbocycles. The van der Waals surface area contributed by atoms with E-state index in [0.29, 0.717) is 11.7 Å². The van der Waals surface area contributed by atoms with Gasteiger partial charge in [0, 0.05) is 16.9 Å². The molecule has 182 valence electrons. The first kappa shape index (κ1) is 23.6. The SMILES string of the molecule is CCSN[C@@H]1[C@H](Cc2cccc(-c3cc(F)ccc3F)c2F)N(C(=O)C23CC(C2)C3)CC1(F)F. The van der Waals surface area contributed by atoms with Crippen molar-refractivity contribution in [1.82, 2.24) is 9.62 Å². The fourth-order valence-corrected chi connectivity index (χ4v) is 6.29. The summed E-state index contributed by atoms with van der Waals surface area (Å²) in [5.41, 5.74) is -0.859. The van der Waals surface area contributed by atoms with E-state index in [0.717, 1.165) is 49.4 Å². The van der Waals surface area contributed by atoms with Crippen molar-refractivity contribution in [2.75, 3.05) is 12.3 Å². The average Bonchev–Trinajstić information content (AvgIpc) is 2.97. The van der Waals surface area contributed by atoms with Gasteiger partial charge in [-0.2, -0.15) is 0 Å². The summed E-state index contributed by atoms with van der Waals surface area (Å²) in [5.74, 6) is -4.72. The summed E-state index contributed by atoms with van der Waals surface area (Å²) in [4.78, 5) is 14.6. The number of rotatable bonds is 7. The molecule has 1 heterocycles. The van der Waals surface area contributed by atoms with Gasteiger partial charge in [-0.15, -0.1) is 0 Å². The molecular weight excluding hydrogens is 471 g/mol. The Balaban J connectivity index is 1.49. The van der Waals surface area contributed by atoms with Crippen LogP contribution in [-0.4, -0.2) is 41.1 Å². The Labute approximate surface area is 199 Å². The molecule has 4 aliphatic rings. The number of nitrogens with zero attached hydrogens (tertiary/aromatic N) is 1. The molecule has 2 aromatic carbocycles. The van der Waals surface area contributed by atoms with Crippen LogP contribution in [0.1, 0.15) is 31.7 Å². The summed E-state index contributed by atoms with van der Waals surface area (Å²) in [5, 5.41) is 0. The van der Waals surface area contributed by atoms with Crippen molar-refractivity contribution in [2.24, 2.45) is 11.3 Å². The average molecular weight is 497 g/mol. The number of nitrogens with one attached hydrogen (secondary N) is 1. The molecule has 1 aliphatic heterocycles. The third-order valence-corrected chi connectivity index (χ3v) is 8.16. The Morgan fingerprint density at radius 1 is 1.12 bits per heavy atom. The van der Waals surface area contributed by atoms with Crippen molar-refractivity contribution >= 4 is 17.9 Å². The highest BCUT2D eigenvalue weighted by atomic mass is 32.2. The standard InChI is InChI=1S/C25H25F5N2OS/c1-2-34-31-22-20(32(13-25(22,29)30)23(33)24-10-14(11-24)12-24)8-15-4-3-5-17(21(15)28)18-9-16(26)6-7-19(18)27/h3-7,9,14,20,22,31H,2,8,10-13H2,1H3/t14?,20-,22+,24?/m0/s1. The molecule has 34 heavy (non-hydrogen) atoms. The summed E-state index contributed by atoms with van der Waals surface area (Å²) in [7, 11) is 0. The highest BCUT2D eigenvalue weighted by molar-refractivity contribution is 7.97. The van der Waals surface area contributed by atoms with Crippen LogP contribution in [0.2, 0.25) is 0 Å². The second-order valence-corrected chi connectivity index (χ2v) is 10.8. The third kappa shape index (κ3) is 3.81. The Bertz CT molecular complexity index is 1110. The molecule has 2 atom stereocenters. The van der Waals surface area contributed by atoms with Gasteiger partial charge in [0.05, 0.1) is 18.0 Å². The van der Waals surface area contributed by atoms with Gasteiger partial charge < -0.3 is 4.90 Å². The first-order chi connectivity index (χ1) is 16.1. The molecule has 3 saturated carbocycles. The van der Waals surface area contributed by atoms with Crippen molar-refractivity contribution in [3.63, 3.8) is 0 Å². The van der Waals surface area contributed by atoms with E-state index in [-0.39, 0.29) is 29.0 Å². The summed E-state index contributed by atoms with van der Waals surface area (Å²) in [6, 6.07) is 4.69. The summed E-state index contributed by atoms with van der Waals surface area (Å²) in [6.07, 6.45) is 2.01. The molecule has 3 nitrogen and oxygen atoms in total. The lowest BCUT2D eigenvalue weighted by molar-refractivity contribution is -0.178. The molecule has 0 aromatic heterocycles. The molecule has 4 fully saturated rings. The minimum Gasteiger partial charge on any atom is -0.331 e. The summed E-state index contributed by atoms with van der Waals surface area (Å²) in [6.45, 7) is 1.10. The van der Waals surface area contributed by atoms with Gasteiger partial charge in [0.25, 0.3) is 5.92 Å². The van der Waals surface area contributed by atoms with Crippen LogP contribution in [0, 0.1) is 28.8 Å². The molecule has 0 radical (unpaired) electrons. The van der Waals surface area contributed by atoms with Crippen LogP contribution in [0.5, 0.6) is 0 Å². The first-order valence-electron chi connectivity index (χ1n) is 11.4. The second kappa shape index (κ2) is 8.52. The maximum atomic E-state index is 15.5. The Kier molecular flexibility index (Phi) is 5.91. The van der Waals surface area contributed by atoms with Crippen molar-refractivity contribution in [2.45, 2.75) is 50.6 Å². The van der Waals surface area contributed by atoms with Gasteiger partial charge >= 0.3 is 0 Å². The zero-order valence-electron chi connectivity index (χ0n) is 18.6. The van der Waals surface area contributed by atoms with Crippen LogP contribution >= 0.6 is 11.9 Å². The van der Waals surface area contributed by atoms with Crippen LogP contribution in [0.4, 0.5) is 22.0 Å². The number of hydrogen-bond donors (Lipinski definition) is 1. The van der Waals surface area contributed by atoms with Gasteiger partial charge in [-0.25, -0.2) is 22.0 Å². The Morgan fingerprint density at radius 2 is 1.85 bits per heavy atom. The normalized spacial score (nSPS) is 29.0. The lowest BCUT2D eigenvalue weighted by Gasteiger charge is -2.61. The molecule has 2 bridgehead atoms. The van der Waals surface area contributed by atoms with Crippen LogP contribution in [0.15, 0.2) is 36.4 Å². The molecule has 2 aromatic rings. The van der Waals surface area contributed by atoms with Gasteiger partial charge in [-0.3, -0.25) is 9.52 Å². The van der Waals surface area contributed by atoms with Crippen LogP contribution in [0.3, 0.4) is 0 Å². The number of carbonyl (C=O) groups excluding carboxylic acids is 1. The van der Waals surface area contributed by atoms with Crippen LogP contribution in [0.25, 0.3) is 11.1 Å². The third-order valence-electron chi connectivity index (χ3n) is 7.46. The largest absolute Gasteiger partial charge is 0.331 e. The van der Waals surface area contributed by atoms with E-state index in [4.69, 9.17) is 0 Å². The van der Waals surface area contributed by atoms with Gasteiger partial charge in [0.1, 0.15) is 23.5 Å². The topological polar surface area (TPSA) is 32.3 Å². The smallest absolute Gasteiger partial charge is 0.283 e. The molecule has 1 N–H and O–H groups in total. The van der Waals surface area contributed by atoms with E-state index in [2.05, 4.69) is 4.72 Å². The van der Waals surface area contributed by atoms with Gasteiger partial charge in [0.15, 0.2) is 0 Å². The van der Waals surface area contributed by atoms with Gasteiger partial charge in [0.2, 0.25) is 5.91 Å². The quantitative estimate of drug-likeness (QED) is 0.401. The molecular formula is C25H25F5N2OS. The number of alkyl halides is 2. The van der Waals surface area contributed by atoms with E-state index < -0.39 is 47.4 Å².